The second-order valence-electron chi connectivity index (χ2n) is 8.42. The normalized spacial score (nSPS) is 12.0. The Morgan fingerprint density at radius 2 is 1.72 bits per heavy atom. The van der Waals surface area contributed by atoms with E-state index in [4.69, 9.17) is 11.6 Å². The van der Waals surface area contributed by atoms with Crippen molar-refractivity contribution in [3.05, 3.63) is 52.2 Å². The Morgan fingerprint density at radius 1 is 1.03 bits per heavy atom. The molecule has 4 aromatic rings. The van der Waals surface area contributed by atoms with Crippen molar-refractivity contribution in [1.82, 2.24) is 35.0 Å². The van der Waals surface area contributed by atoms with Gasteiger partial charge in [0.05, 0.1) is 16.8 Å². The summed E-state index contributed by atoms with van der Waals surface area (Å²) in [6.07, 6.45) is 1.41. The second kappa shape index (κ2) is 9.96. The fraction of sp³-hybridized carbons (Fsp3) is 0.292. The summed E-state index contributed by atoms with van der Waals surface area (Å²) < 4.78 is 1.71. The van der Waals surface area contributed by atoms with E-state index in [1.807, 2.05) is 14.0 Å². The number of rotatable bonds is 6. The van der Waals surface area contributed by atoms with Crippen molar-refractivity contribution in [2.45, 2.75) is 33.7 Å². The standard InChI is InChI=1S/C24H26ClN9O2/c1-11-7-16(25)10-27-19(11)24(36)32-18-9-15(8-17(30-18)31-23(35)13(3)26-5)21-22-20(28-14(4)29-21)12(2)33-34(22)6/h7-10,13,26H,1-6H3,(H2,30,31,32,35,36). The minimum Gasteiger partial charge on any atom is -0.309 e. The highest BCUT2D eigenvalue weighted by Gasteiger charge is 2.20. The third-order valence-corrected chi connectivity index (χ3v) is 5.85. The predicted molar refractivity (Wildman–Crippen MR) is 138 cm³/mol. The molecule has 186 valence electrons. The highest BCUT2D eigenvalue weighted by atomic mass is 35.5. The van der Waals surface area contributed by atoms with E-state index in [2.05, 4.69) is 41.0 Å². The number of likely N-dealkylation sites (N-methyl/N-ethyl adjacent to an activating group) is 1. The molecular formula is C24H26ClN9O2. The molecule has 1 atom stereocenters. The number of nitrogens with one attached hydrogen (secondary N) is 3. The number of aryl methyl sites for hydroxylation is 4. The average Bonchev–Trinajstić information content (AvgIpc) is 3.10. The SMILES string of the molecule is CNC(C)C(=O)Nc1cc(-c2nc(C)nc3c(C)nn(C)c23)cc(NC(=O)c2ncc(Cl)cc2C)n1. The monoisotopic (exact) mass is 507 g/mol. The van der Waals surface area contributed by atoms with Crippen LogP contribution in [0.2, 0.25) is 5.02 Å². The maximum Gasteiger partial charge on any atom is 0.275 e. The molecule has 0 fully saturated rings. The van der Waals surface area contributed by atoms with Crippen LogP contribution in [-0.2, 0) is 11.8 Å². The van der Waals surface area contributed by atoms with Crippen LogP contribution < -0.4 is 16.0 Å². The molecule has 4 aromatic heterocycles. The van der Waals surface area contributed by atoms with Gasteiger partial charge < -0.3 is 16.0 Å². The van der Waals surface area contributed by atoms with Gasteiger partial charge in [0.15, 0.2) is 0 Å². The largest absolute Gasteiger partial charge is 0.309 e. The van der Waals surface area contributed by atoms with Gasteiger partial charge in [-0.1, -0.05) is 11.6 Å². The Kier molecular flexibility index (Phi) is 6.95. The quantitative estimate of drug-likeness (QED) is 0.361. The molecule has 3 N–H and O–H groups in total. The van der Waals surface area contributed by atoms with Gasteiger partial charge in [0.25, 0.3) is 5.91 Å². The van der Waals surface area contributed by atoms with Crippen molar-refractivity contribution in [1.29, 1.82) is 0 Å². The van der Waals surface area contributed by atoms with Gasteiger partial charge in [0, 0.05) is 18.8 Å². The number of amides is 2. The van der Waals surface area contributed by atoms with Crippen LogP contribution in [-0.4, -0.2) is 54.6 Å². The van der Waals surface area contributed by atoms with Crippen molar-refractivity contribution in [3.8, 4) is 11.3 Å². The first-order valence-corrected chi connectivity index (χ1v) is 11.6. The molecule has 0 aliphatic carbocycles. The number of carbonyl (C=O) groups is 2. The van der Waals surface area contributed by atoms with Gasteiger partial charge >= 0.3 is 0 Å². The first kappa shape index (κ1) is 25.1. The highest BCUT2D eigenvalue weighted by Crippen LogP contribution is 2.30. The van der Waals surface area contributed by atoms with Crippen LogP contribution in [0.5, 0.6) is 0 Å². The summed E-state index contributed by atoms with van der Waals surface area (Å²) in [5, 5.41) is 13.4. The van der Waals surface area contributed by atoms with Crippen molar-refractivity contribution in [3.63, 3.8) is 0 Å². The molecule has 0 spiro atoms. The Bertz CT molecular complexity index is 1500. The Morgan fingerprint density at radius 3 is 2.39 bits per heavy atom. The predicted octanol–water partition coefficient (Wildman–Crippen LogP) is 3.20. The Labute approximate surface area is 212 Å². The molecule has 0 saturated carbocycles. The number of hydrogen-bond acceptors (Lipinski definition) is 8. The smallest absolute Gasteiger partial charge is 0.275 e. The zero-order valence-corrected chi connectivity index (χ0v) is 21.5. The minimum atomic E-state index is -0.463. The van der Waals surface area contributed by atoms with Crippen LogP contribution in [0.25, 0.3) is 22.3 Å². The molecule has 0 aromatic carbocycles. The van der Waals surface area contributed by atoms with Crippen LogP contribution in [0.15, 0.2) is 24.4 Å². The maximum atomic E-state index is 13.0. The lowest BCUT2D eigenvalue weighted by atomic mass is 10.1. The number of hydrogen-bond donors (Lipinski definition) is 3. The summed E-state index contributed by atoms with van der Waals surface area (Å²) in [5.41, 5.74) is 4.25. The van der Waals surface area contributed by atoms with Crippen LogP contribution in [0.1, 0.15) is 34.5 Å². The molecule has 0 aliphatic heterocycles. The summed E-state index contributed by atoms with van der Waals surface area (Å²) >= 11 is 5.98. The van der Waals surface area contributed by atoms with E-state index in [0.717, 1.165) is 16.7 Å². The van der Waals surface area contributed by atoms with E-state index < -0.39 is 11.9 Å². The van der Waals surface area contributed by atoms with Crippen molar-refractivity contribution >= 4 is 46.1 Å². The van der Waals surface area contributed by atoms with Crippen LogP contribution >= 0.6 is 11.6 Å². The number of fused-ring (bicyclic) bond motifs is 1. The number of carbonyl (C=O) groups excluding carboxylic acids is 2. The van der Waals surface area contributed by atoms with Gasteiger partial charge in [-0.2, -0.15) is 5.10 Å². The van der Waals surface area contributed by atoms with E-state index in [1.165, 1.54) is 6.20 Å². The van der Waals surface area contributed by atoms with Crippen LogP contribution in [0.3, 0.4) is 0 Å². The van der Waals surface area contributed by atoms with Crippen molar-refractivity contribution < 1.29 is 9.59 Å². The number of anilines is 2. The molecule has 2 amide bonds. The first-order valence-electron chi connectivity index (χ1n) is 11.2. The summed E-state index contributed by atoms with van der Waals surface area (Å²) in [6.45, 7) is 7.15. The van der Waals surface area contributed by atoms with Gasteiger partial charge in [-0.15, -0.1) is 0 Å². The van der Waals surface area contributed by atoms with E-state index in [-0.39, 0.29) is 23.2 Å². The molecule has 12 heteroatoms. The molecule has 4 heterocycles. The number of pyridine rings is 2. The third kappa shape index (κ3) is 5.02. The Hall–Kier alpha value is -3.96. The number of nitrogens with zero attached hydrogens (tertiary/aromatic N) is 6. The second-order valence-corrected chi connectivity index (χ2v) is 8.86. The van der Waals surface area contributed by atoms with Crippen molar-refractivity contribution in [2.75, 3.05) is 17.7 Å². The molecule has 0 radical (unpaired) electrons. The Balaban J connectivity index is 1.83. The summed E-state index contributed by atoms with van der Waals surface area (Å²) in [4.78, 5) is 43.4. The molecule has 1 unspecified atom stereocenters. The van der Waals surface area contributed by atoms with E-state index in [0.29, 0.717) is 27.7 Å². The minimum absolute atomic E-state index is 0.212. The highest BCUT2D eigenvalue weighted by molar-refractivity contribution is 6.30. The van der Waals surface area contributed by atoms with Gasteiger partial charge in [-0.05, 0) is 58.5 Å². The molecule has 11 nitrogen and oxygen atoms in total. The van der Waals surface area contributed by atoms with E-state index in [9.17, 15) is 9.59 Å². The molecule has 0 saturated heterocycles. The lowest BCUT2D eigenvalue weighted by Crippen LogP contribution is -2.35. The lowest BCUT2D eigenvalue weighted by molar-refractivity contribution is -0.117. The third-order valence-electron chi connectivity index (χ3n) is 5.64. The number of halogens is 1. The fourth-order valence-corrected chi connectivity index (χ4v) is 3.98. The van der Waals surface area contributed by atoms with E-state index in [1.54, 1.807) is 50.7 Å². The first-order chi connectivity index (χ1) is 17.1. The van der Waals surface area contributed by atoms with Crippen molar-refractivity contribution in [2.24, 2.45) is 7.05 Å². The fourth-order valence-electron chi connectivity index (χ4n) is 3.76. The van der Waals surface area contributed by atoms with Gasteiger partial charge in [0.1, 0.15) is 39.9 Å². The van der Waals surface area contributed by atoms with Gasteiger partial charge in [0.2, 0.25) is 5.91 Å². The zero-order valence-electron chi connectivity index (χ0n) is 20.8. The maximum absolute atomic E-state index is 13.0. The summed E-state index contributed by atoms with van der Waals surface area (Å²) in [7, 11) is 3.50. The lowest BCUT2D eigenvalue weighted by Gasteiger charge is -2.14. The summed E-state index contributed by atoms with van der Waals surface area (Å²) in [6, 6.07) is 4.58. The summed E-state index contributed by atoms with van der Waals surface area (Å²) in [5.74, 6) is 0.278. The number of aromatic nitrogens is 6. The molecule has 4 rings (SSSR count). The molecule has 0 bridgehead atoms. The van der Waals surface area contributed by atoms with Crippen LogP contribution in [0, 0.1) is 20.8 Å². The van der Waals surface area contributed by atoms with Gasteiger partial charge in [-0.25, -0.2) is 19.9 Å². The zero-order chi connectivity index (χ0) is 26.1. The molecule has 36 heavy (non-hydrogen) atoms. The van der Waals surface area contributed by atoms with Crippen LogP contribution in [0.4, 0.5) is 11.6 Å². The topological polar surface area (TPSA) is 140 Å². The molecular weight excluding hydrogens is 482 g/mol. The van der Waals surface area contributed by atoms with E-state index >= 15 is 0 Å². The average molecular weight is 508 g/mol. The van der Waals surface area contributed by atoms with Gasteiger partial charge in [-0.3, -0.25) is 14.3 Å². The molecule has 0 aliphatic rings.